The van der Waals surface area contributed by atoms with E-state index in [1.54, 1.807) is 14.2 Å². The Bertz CT molecular complexity index is 760. The summed E-state index contributed by atoms with van der Waals surface area (Å²) >= 11 is 1.50. The summed E-state index contributed by atoms with van der Waals surface area (Å²) in [5, 5.41) is 6.28. The number of aromatic nitrogens is 1. The summed E-state index contributed by atoms with van der Waals surface area (Å²) in [7, 11) is 3.28. The van der Waals surface area contributed by atoms with Crippen molar-refractivity contribution in [1.82, 2.24) is 9.88 Å². The van der Waals surface area contributed by atoms with Gasteiger partial charge in [-0.05, 0) is 19.4 Å². The average Bonchev–Trinajstić information content (AvgIpc) is 3.16. The second-order valence-corrected chi connectivity index (χ2v) is 7.42. The topological polar surface area (TPSA) is 89.7 Å². The van der Waals surface area contributed by atoms with Crippen molar-refractivity contribution in [3.63, 3.8) is 0 Å². The Kier molecular flexibility index (Phi) is 10.5. The van der Waals surface area contributed by atoms with E-state index in [2.05, 4.69) is 10.3 Å². The van der Waals surface area contributed by atoms with Crippen molar-refractivity contribution >= 4 is 47.7 Å². The molecule has 162 valence electrons. The molecule has 7 nitrogen and oxygen atoms in total. The largest absolute Gasteiger partial charge is 0.497 e. The van der Waals surface area contributed by atoms with Crippen molar-refractivity contribution in [2.75, 3.05) is 39.2 Å². The van der Waals surface area contributed by atoms with Gasteiger partial charge < -0.3 is 25.4 Å². The first-order valence-electron chi connectivity index (χ1n) is 9.06. The molecule has 0 spiro atoms. The summed E-state index contributed by atoms with van der Waals surface area (Å²) in [6.07, 6.45) is 2.48. The molecule has 3 N–H and O–H groups in total. The lowest BCUT2D eigenvalue weighted by molar-refractivity contribution is 0.0713. The minimum absolute atomic E-state index is 0. The van der Waals surface area contributed by atoms with Gasteiger partial charge in [0, 0.05) is 54.8 Å². The molecule has 0 saturated carbocycles. The predicted octanol–water partition coefficient (Wildman–Crippen LogP) is 3.22. The molecule has 1 aromatic carbocycles. The number of piperidine rings is 1. The van der Waals surface area contributed by atoms with E-state index in [9.17, 15) is 4.79 Å². The molecule has 2 aromatic rings. The van der Waals surface area contributed by atoms with E-state index in [4.69, 9.17) is 15.2 Å². The molecule has 0 atom stereocenters. The first-order valence-corrected chi connectivity index (χ1v) is 9.94. The maximum Gasteiger partial charge on any atom is 0.273 e. The van der Waals surface area contributed by atoms with E-state index in [-0.39, 0.29) is 30.7 Å². The summed E-state index contributed by atoms with van der Waals surface area (Å²) in [5.41, 5.74) is 7.05. The molecule has 0 bridgehead atoms. The first kappa shape index (κ1) is 25.3. The number of thiazole rings is 1. The number of nitrogens with zero attached hydrogens (tertiary/aromatic N) is 2. The maximum absolute atomic E-state index is 12.6. The molecule has 1 aliphatic rings. The van der Waals surface area contributed by atoms with Crippen molar-refractivity contribution in [2.24, 2.45) is 5.73 Å². The summed E-state index contributed by atoms with van der Waals surface area (Å²) in [5.74, 6) is 1.51. The van der Waals surface area contributed by atoms with E-state index in [1.807, 2.05) is 28.5 Å². The van der Waals surface area contributed by atoms with Gasteiger partial charge in [-0.3, -0.25) is 4.79 Å². The average molecular weight is 463 g/mol. The number of carbonyl (C=O) groups is 1. The number of halogens is 2. The highest BCUT2D eigenvalue weighted by Crippen LogP contribution is 2.27. The number of nitrogens with one attached hydrogen (secondary N) is 1. The summed E-state index contributed by atoms with van der Waals surface area (Å²) in [6, 6.07) is 6.05. The number of rotatable bonds is 7. The number of anilines is 1. The van der Waals surface area contributed by atoms with Gasteiger partial charge in [0.2, 0.25) is 0 Å². The van der Waals surface area contributed by atoms with Gasteiger partial charge in [0.25, 0.3) is 5.91 Å². The lowest BCUT2D eigenvalue weighted by Gasteiger charge is -2.32. The molecule has 0 aliphatic carbocycles. The Hall–Kier alpha value is -1.74. The fraction of sp³-hybridized carbons (Fsp3) is 0.474. The Morgan fingerprint density at radius 1 is 1.21 bits per heavy atom. The smallest absolute Gasteiger partial charge is 0.273 e. The molecule has 1 aliphatic heterocycles. The number of nitrogens with two attached hydrogens (primary N) is 1. The highest BCUT2D eigenvalue weighted by molar-refractivity contribution is 7.09. The minimum atomic E-state index is 0. The first-order chi connectivity index (χ1) is 13.1. The van der Waals surface area contributed by atoms with Crippen molar-refractivity contribution in [2.45, 2.75) is 25.3 Å². The number of hydrogen-bond acceptors (Lipinski definition) is 7. The van der Waals surface area contributed by atoms with Crippen LogP contribution in [0.25, 0.3) is 0 Å². The highest BCUT2D eigenvalue weighted by Gasteiger charge is 2.25. The summed E-state index contributed by atoms with van der Waals surface area (Å²) < 4.78 is 10.6. The molecular formula is C19H28Cl2N4O3S. The van der Waals surface area contributed by atoms with E-state index in [0.717, 1.165) is 35.0 Å². The van der Waals surface area contributed by atoms with Crippen LogP contribution in [0.3, 0.4) is 0 Å². The molecule has 0 radical (unpaired) electrons. The molecule has 0 unspecified atom stereocenters. The van der Waals surface area contributed by atoms with E-state index in [0.29, 0.717) is 37.8 Å². The molecular weight excluding hydrogens is 435 g/mol. The molecule has 1 aromatic heterocycles. The van der Waals surface area contributed by atoms with Crippen molar-refractivity contribution in [3.8, 4) is 11.5 Å². The van der Waals surface area contributed by atoms with Crippen molar-refractivity contribution < 1.29 is 14.3 Å². The minimum Gasteiger partial charge on any atom is -0.497 e. The van der Waals surface area contributed by atoms with Gasteiger partial charge in [-0.2, -0.15) is 0 Å². The molecule has 10 heteroatoms. The van der Waals surface area contributed by atoms with Crippen molar-refractivity contribution in [3.05, 3.63) is 34.3 Å². The summed E-state index contributed by atoms with van der Waals surface area (Å²) in [6.45, 7) is 1.97. The highest BCUT2D eigenvalue weighted by atomic mass is 35.5. The number of hydrogen-bond donors (Lipinski definition) is 2. The Balaban J connectivity index is 0.00000210. The zero-order chi connectivity index (χ0) is 19.2. The fourth-order valence-electron chi connectivity index (χ4n) is 3.16. The van der Waals surface area contributed by atoms with E-state index in [1.165, 1.54) is 11.3 Å². The monoisotopic (exact) mass is 462 g/mol. The number of amides is 1. The number of benzene rings is 1. The maximum atomic E-state index is 12.6. The second kappa shape index (κ2) is 12.1. The van der Waals surface area contributed by atoms with Crippen LogP contribution < -0.4 is 20.5 Å². The molecule has 1 saturated heterocycles. The SMILES string of the molecule is COc1cc(NC2CCN(C(=O)c3csc(CCN)n3)CC2)cc(OC)c1.Cl.Cl. The Morgan fingerprint density at radius 2 is 1.83 bits per heavy atom. The van der Waals surface area contributed by atoms with Crippen molar-refractivity contribution in [1.29, 1.82) is 0 Å². The van der Waals surface area contributed by atoms with Crippen LogP contribution in [0.4, 0.5) is 5.69 Å². The number of likely N-dealkylation sites (tertiary alicyclic amines) is 1. The van der Waals surface area contributed by atoms with E-state index < -0.39 is 0 Å². The van der Waals surface area contributed by atoms with Crippen LogP contribution in [0.5, 0.6) is 11.5 Å². The Morgan fingerprint density at radius 3 is 2.38 bits per heavy atom. The van der Waals surface area contributed by atoms with Gasteiger partial charge in [0.15, 0.2) is 0 Å². The standard InChI is InChI=1S/C19H26N4O3S.2ClH/c1-25-15-9-14(10-16(11-15)26-2)21-13-4-7-23(8-5-13)19(24)17-12-27-18(22-17)3-6-20;;/h9-13,21H,3-8,20H2,1-2H3;2*1H. The van der Waals surface area contributed by atoms with Gasteiger partial charge in [0.1, 0.15) is 17.2 Å². The molecule has 2 heterocycles. The number of methoxy groups -OCH3 is 2. The van der Waals surface area contributed by atoms with Crippen LogP contribution in [0.15, 0.2) is 23.6 Å². The van der Waals surface area contributed by atoms with Gasteiger partial charge >= 0.3 is 0 Å². The van der Waals surface area contributed by atoms with Gasteiger partial charge in [-0.1, -0.05) is 0 Å². The van der Waals surface area contributed by atoms with Crippen LogP contribution in [0.1, 0.15) is 28.3 Å². The van der Waals surface area contributed by atoms with Crippen LogP contribution in [-0.4, -0.2) is 55.7 Å². The lowest BCUT2D eigenvalue weighted by Crippen LogP contribution is -2.42. The molecule has 1 amide bonds. The van der Waals surface area contributed by atoms with Gasteiger partial charge in [-0.15, -0.1) is 36.2 Å². The fourth-order valence-corrected chi connectivity index (χ4v) is 3.95. The molecule has 29 heavy (non-hydrogen) atoms. The van der Waals surface area contributed by atoms with Crippen LogP contribution >= 0.6 is 36.2 Å². The lowest BCUT2D eigenvalue weighted by atomic mass is 10.0. The van der Waals surface area contributed by atoms with Crippen LogP contribution in [0.2, 0.25) is 0 Å². The summed E-state index contributed by atoms with van der Waals surface area (Å²) in [4.78, 5) is 18.9. The van der Waals surface area contributed by atoms with Gasteiger partial charge in [-0.25, -0.2) is 4.98 Å². The number of ether oxygens (including phenoxy) is 2. The van der Waals surface area contributed by atoms with Crippen LogP contribution in [-0.2, 0) is 6.42 Å². The third-order valence-electron chi connectivity index (χ3n) is 4.63. The second-order valence-electron chi connectivity index (χ2n) is 6.48. The zero-order valence-electron chi connectivity index (χ0n) is 16.6. The zero-order valence-corrected chi connectivity index (χ0v) is 19.0. The quantitative estimate of drug-likeness (QED) is 0.656. The normalized spacial score (nSPS) is 13.8. The molecule has 1 fully saturated rings. The number of carbonyl (C=O) groups excluding carboxylic acids is 1. The molecule has 3 rings (SSSR count). The predicted molar refractivity (Wildman–Crippen MR) is 121 cm³/mol. The third-order valence-corrected chi connectivity index (χ3v) is 5.54. The third kappa shape index (κ3) is 6.64. The van der Waals surface area contributed by atoms with E-state index >= 15 is 0 Å². The Labute approximate surface area is 187 Å². The van der Waals surface area contributed by atoms with Gasteiger partial charge in [0.05, 0.1) is 19.2 Å². The van der Waals surface area contributed by atoms with Crippen LogP contribution in [0, 0.1) is 0 Å².